The van der Waals surface area contributed by atoms with Crippen LogP contribution < -0.4 is 0 Å². The monoisotopic (exact) mass is 474 g/mol. The Morgan fingerprint density at radius 2 is 1.47 bits per heavy atom. The zero-order chi connectivity index (χ0) is 25.5. The van der Waals surface area contributed by atoms with Gasteiger partial charge in [-0.2, -0.15) is 0 Å². The fraction of sp³-hybridized carbons (Fsp3) is 0.312. The Kier molecular flexibility index (Phi) is 6.07. The van der Waals surface area contributed by atoms with E-state index in [4.69, 9.17) is 19.9 Å². The molecule has 5 rings (SSSR count). The predicted octanol–water partition coefficient (Wildman–Crippen LogP) is 8.28. The molecule has 0 spiro atoms. The van der Waals surface area contributed by atoms with Crippen molar-refractivity contribution in [3.63, 3.8) is 0 Å². The van der Waals surface area contributed by atoms with E-state index in [1.54, 1.807) is 0 Å². The minimum absolute atomic E-state index is 0.0683. The van der Waals surface area contributed by atoms with Crippen LogP contribution in [0.4, 0.5) is 0 Å². The predicted molar refractivity (Wildman–Crippen MR) is 150 cm³/mol. The molecule has 0 N–H and O–H groups in total. The van der Waals surface area contributed by atoms with Crippen LogP contribution in [0.25, 0.3) is 44.2 Å². The van der Waals surface area contributed by atoms with E-state index in [1.807, 2.05) is 12.3 Å². The van der Waals surface area contributed by atoms with Gasteiger partial charge in [-0.1, -0.05) is 103 Å². The summed E-state index contributed by atoms with van der Waals surface area (Å²) in [7, 11) is 0. The average Bonchev–Trinajstić information content (AvgIpc) is 2.87. The van der Waals surface area contributed by atoms with Crippen molar-refractivity contribution in [2.45, 2.75) is 65.2 Å². The van der Waals surface area contributed by atoms with E-state index in [2.05, 4.69) is 102 Å². The number of aromatic nitrogens is 4. The molecule has 0 aliphatic heterocycles. The molecule has 4 nitrogen and oxygen atoms in total. The molecule has 0 saturated heterocycles. The SMILES string of the molecule is CCCC(C)(C)c1ncc2cccc(-c3cccc(-c4nc(C(C)(C)C)nc5ccccc45)c3)c2n1. The summed E-state index contributed by atoms with van der Waals surface area (Å²) in [5.74, 6) is 1.75. The third-order valence-corrected chi connectivity index (χ3v) is 6.81. The van der Waals surface area contributed by atoms with Gasteiger partial charge >= 0.3 is 0 Å². The number of benzene rings is 3. The van der Waals surface area contributed by atoms with Gasteiger partial charge in [0.15, 0.2) is 0 Å². The van der Waals surface area contributed by atoms with E-state index in [0.29, 0.717) is 0 Å². The van der Waals surface area contributed by atoms with Crippen LogP contribution in [0.3, 0.4) is 0 Å². The van der Waals surface area contributed by atoms with Crippen LogP contribution in [0, 0.1) is 0 Å². The maximum absolute atomic E-state index is 5.10. The molecule has 0 fully saturated rings. The smallest absolute Gasteiger partial charge is 0.135 e. The third kappa shape index (κ3) is 4.48. The van der Waals surface area contributed by atoms with Gasteiger partial charge in [-0.05, 0) is 24.1 Å². The van der Waals surface area contributed by atoms with Gasteiger partial charge in [-0.3, -0.25) is 0 Å². The van der Waals surface area contributed by atoms with Crippen molar-refractivity contribution in [3.8, 4) is 22.4 Å². The highest BCUT2D eigenvalue weighted by Crippen LogP contribution is 2.35. The summed E-state index contributed by atoms with van der Waals surface area (Å²) in [6.45, 7) is 13.1. The lowest BCUT2D eigenvalue weighted by Gasteiger charge is -2.22. The first kappa shape index (κ1) is 24.1. The molecule has 4 heteroatoms. The summed E-state index contributed by atoms with van der Waals surface area (Å²) in [6.07, 6.45) is 4.12. The van der Waals surface area contributed by atoms with E-state index >= 15 is 0 Å². The van der Waals surface area contributed by atoms with Crippen LogP contribution in [-0.2, 0) is 10.8 Å². The van der Waals surface area contributed by atoms with Crippen molar-refractivity contribution in [1.29, 1.82) is 0 Å². The molecule has 36 heavy (non-hydrogen) atoms. The second kappa shape index (κ2) is 9.09. The number of fused-ring (bicyclic) bond motifs is 2. The normalized spacial score (nSPS) is 12.4. The zero-order valence-corrected chi connectivity index (χ0v) is 22.1. The Bertz CT molecular complexity index is 1560. The van der Waals surface area contributed by atoms with E-state index in [9.17, 15) is 0 Å². The average molecular weight is 475 g/mol. The van der Waals surface area contributed by atoms with Crippen LogP contribution in [-0.4, -0.2) is 19.9 Å². The van der Waals surface area contributed by atoms with Gasteiger partial charge in [-0.25, -0.2) is 19.9 Å². The molecular weight excluding hydrogens is 440 g/mol. The second-order valence-corrected chi connectivity index (χ2v) is 11.3. The highest BCUT2D eigenvalue weighted by molar-refractivity contribution is 5.96. The Hall–Kier alpha value is -3.66. The maximum Gasteiger partial charge on any atom is 0.135 e. The van der Waals surface area contributed by atoms with Crippen LogP contribution in [0.15, 0.2) is 72.9 Å². The summed E-state index contributed by atoms with van der Waals surface area (Å²) in [5.41, 5.74) is 6.02. The molecule has 0 radical (unpaired) electrons. The lowest BCUT2D eigenvalue weighted by molar-refractivity contribution is 0.446. The summed E-state index contributed by atoms with van der Waals surface area (Å²) < 4.78 is 0. The van der Waals surface area contributed by atoms with E-state index in [0.717, 1.165) is 68.7 Å². The summed E-state index contributed by atoms with van der Waals surface area (Å²) in [5, 5.41) is 2.11. The quantitative estimate of drug-likeness (QED) is 0.257. The molecule has 182 valence electrons. The number of hydrogen-bond acceptors (Lipinski definition) is 4. The van der Waals surface area contributed by atoms with E-state index < -0.39 is 0 Å². The van der Waals surface area contributed by atoms with Gasteiger partial charge in [-0.15, -0.1) is 0 Å². The number of rotatable bonds is 5. The first-order chi connectivity index (χ1) is 17.2. The summed E-state index contributed by atoms with van der Waals surface area (Å²) in [6, 6.07) is 23.2. The van der Waals surface area contributed by atoms with Crippen LogP contribution in [0.2, 0.25) is 0 Å². The van der Waals surface area contributed by atoms with Crippen LogP contribution >= 0.6 is 0 Å². The Morgan fingerprint density at radius 3 is 2.25 bits per heavy atom. The third-order valence-electron chi connectivity index (χ3n) is 6.81. The molecule has 0 aliphatic carbocycles. The molecule has 0 aliphatic rings. The summed E-state index contributed by atoms with van der Waals surface area (Å²) >= 11 is 0. The number of para-hydroxylation sites is 2. The van der Waals surface area contributed by atoms with Crippen molar-refractivity contribution >= 4 is 21.8 Å². The molecule has 2 heterocycles. The molecule has 3 aromatic carbocycles. The highest BCUT2D eigenvalue weighted by Gasteiger charge is 2.24. The first-order valence-corrected chi connectivity index (χ1v) is 12.8. The lowest BCUT2D eigenvalue weighted by Crippen LogP contribution is -2.20. The molecule has 0 saturated carbocycles. The van der Waals surface area contributed by atoms with Crippen molar-refractivity contribution in [1.82, 2.24) is 19.9 Å². The topological polar surface area (TPSA) is 51.6 Å². The Labute approximate surface area is 213 Å². The fourth-order valence-corrected chi connectivity index (χ4v) is 4.82. The minimum Gasteiger partial charge on any atom is -0.240 e. The molecule has 5 aromatic rings. The Balaban J connectivity index is 1.69. The second-order valence-electron chi connectivity index (χ2n) is 11.3. The van der Waals surface area contributed by atoms with Crippen LogP contribution in [0.5, 0.6) is 0 Å². The highest BCUT2D eigenvalue weighted by atomic mass is 14.9. The molecule has 2 aromatic heterocycles. The number of nitrogens with zero attached hydrogens (tertiary/aromatic N) is 4. The van der Waals surface area contributed by atoms with Gasteiger partial charge in [0.05, 0.1) is 16.7 Å². The fourth-order valence-electron chi connectivity index (χ4n) is 4.82. The molecule has 0 bridgehead atoms. The van der Waals surface area contributed by atoms with Crippen LogP contribution in [0.1, 0.15) is 66.0 Å². The van der Waals surface area contributed by atoms with Gasteiger partial charge < -0.3 is 0 Å². The minimum atomic E-state index is -0.148. The van der Waals surface area contributed by atoms with Crippen molar-refractivity contribution in [2.75, 3.05) is 0 Å². The number of hydrogen-bond donors (Lipinski definition) is 0. The molecule has 0 amide bonds. The zero-order valence-electron chi connectivity index (χ0n) is 22.1. The van der Waals surface area contributed by atoms with E-state index in [-0.39, 0.29) is 10.8 Å². The van der Waals surface area contributed by atoms with Gasteiger partial charge in [0, 0.05) is 38.9 Å². The largest absolute Gasteiger partial charge is 0.240 e. The lowest BCUT2D eigenvalue weighted by atomic mass is 9.87. The molecule has 0 unspecified atom stereocenters. The van der Waals surface area contributed by atoms with Gasteiger partial charge in [0.2, 0.25) is 0 Å². The van der Waals surface area contributed by atoms with Crippen molar-refractivity contribution < 1.29 is 0 Å². The molecule has 0 atom stereocenters. The first-order valence-electron chi connectivity index (χ1n) is 12.8. The Morgan fingerprint density at radius 1 is 0.722 bits per heavy atom. The van der Waals surface area contributed by atoms with Gasteiger partial charge in [0.1, 0.15) is 11.6 Å². The van der Waals surface area contributed by atoms with Crippen molar-refractivity contribution in [3.05, 3.63) is 84.6 Å². The van der Waals surface area contributed by atoms with E-state index in [1.165, 1.54) is 0 Å². The summed E-state index contributed by atoms with van der Waals surface area (Å²) in [4.78, 5) is 19.8. The van der Waals surface area contributed by atoms with Crippen molar-refractivity contribution in [2.24, 2.45) is 0 Å². The standard InChI is InChI=1S/C32H34N4/c1-7-18-32(5,6)30-33-20-23-14-11-16-24(28(23)36-30)21-12-10-13-22(19-21)27-25-15-8-9-17-26(25)34-29(35-27)31(2,3)4/h8-17,19-20H,7,18H2,1-6H3. The maximum atomic E-state index is 5.10. The molecular formula is C32H34N4. The van der Waals surface area contributed by atoms with Gasteiger partial charge in [0.25, 0.3) is 0 Å².